The van der Waals surface area contributed by atoms with Gasteiger partial charge in [0.05, 0.1) is 12.3 Å². The molecule has 0 spiro atoms. The Kier molecular flexibility index (Phi) is 9.52. The Labute approximate surface area is 152 Å². The van der Waals surface area contributed by atoms with Gasteiger partial charge < -0.3 is 10.6 Å². The van der Waals surface area contributed by atoms with Crippen LogP contribution in [0.2, 0.25) is 0 Å². The molecular weight excluding hydrogens is 336 g/mol. The highest BCUT2D eigenvalue weighted by Gasteiger charge is 2.08. The van der Waals surface area contributed by atoms with E-state index in [0.717, 1.165) is 36.6 Å². The molecular formula is C18H32N4O2S. The second-order valence-corrected chi connectivity index (χ2v) is 8.36. The predicted octanol–water partition coefficient (Wildman–Crippen LogP) is 2.23. The molecule has 3 N–H and O–H groups in total. The van der Waals surface area contributed by atoms with Gasteiger partial charge in [0.25, 0.3) is 0 Å². The largest absolute Gasteiger partial charge is 0.357 e. The molecule has 0 aliphatic carbocycles. The molecule has 0 unspecified atom stereocenters. The van der Waals surface area contributed by atoms with Crippen LogP contribution in [0.5, 0.6) is 0 Å². The second kappa shape index (κ2) is 11.1. The van der Waals surface area contributed by atoms with Crippen LogP contribution in [0.25, 0.3) is 0 Å². The summed E-state index contributed by atoms with van der Waals surface area (Å²) in [7, 11) is -1.81. The fraction of sp³-hybridized carbons (Fsp3) is 0.611. The van der Waals surface area contributed by atoms with Crippen molar-refractivity contribution in [1.29, 1.82) is 0 Å². The molecule has 0 heterocycles. The SMILES string of the molecule is CCNC(=NCc1ccc(CS(=O)(=O)NC)cc1)NCCCC(C)C. The van der Waals surface area contributed by atoms with Gasteiger partial charge in [-0.25, -0.2) is 18.1 Å². The maximum Gasteiger partial charge on any atom is 0.215 e. The van der Waals surface area contributed by atoms with E-state index in [-0.39, 0.29) is 5.75 Å². The lowest BCUT2D eigenvalue weighted by Gasteiger charge is -2.12. The van der Waals surface area contributed by atoms with E-state index in [1.807, 2.05) is 31.2 Å². The molecule has 0 aliphatic rings. The first-order valence-electron chi connectivity index (χ1n) is 8.87. The number of aliphatic imine (C=N–C) groups is 1. The number of rotatable bonds is 10. The molecule has 1 rings (SSSR count). The topological polar surface area (TPSA) is 82.6 Å². The maximum atomic E-state index is 11.6. The molecule has 0 aliphatic heterocycles. The van der Waals surface area contributed by atoms with Crippen LogP contribution in [0, 0.1) is 5.92 Å². The Balaban J connectivity index is 2.57. The van der Waals surface area contributed by atoms with Crippen molar-refractivity contribution in [3.63, 3.8) is 0 Å². The highest BCUT2D eigenvalue weighted by Crippen LogP contribution is 2.08. The van der Waals surface area contributed by atoms with Crippen molar-refractivity contribution in [3.05, 3.63) is 35.4 Å². The number of guanidine groups is 1. The van der Waals surface area contributed by atoms with Crippen molar-refractivity contribution >= 4 is 16.0 Å². The van der Waals surface area contributed by atoms with E-state index < -0.39 is 10.0 Å². The third kappa shape index (κ3) is 9.45. The van der Waals surface area contributed by atoms with Crippen LogP contribution in [-0.2, 0) is 22.3 Å². The molecule has 0 radical (unpaired) electrons. The zero-order valence-electron chi connectivity index (χ0n) is 15.8. The van der Waals surface area contributed by atoms with Gasteiger partial charge in [0, 0.05) is 13.1 Å². The van der Waals surface area contributed by atoms with Gasteiger partial charge >= 0.3 is 0 Å². The summed E-state index contributed by atoms with van der Waals surface area (Å²) in [5.74, 6) is 1.52. The fourth-order valence-electron chi connectivity index (χ4n) is 2.26. The van der Waals surface area contributed by atoms with E-state index in [0.29, 0.717) is 12.5 Å². The molecule has 0 bridgehead atoms. The second-order valence-electron chi connectivity index (χ2n) is 6.44. The maximum absolute atomic E-state index is 11.6. The number of sulfonamides is 1. The van der Waals surface area contributed by atoms with Crippen LogP contribution in [0.1, 0.15) is 44.7 Å². The van der Waals surface area contributed by atoms with Gasteiger partial charge in [-0.15, -0.1) is 0 Å². The van der Waals surface area contributed by atoms with E-state index in [1.54, 1.807) is 0 Å². The Bertz CT molecular complexity index is 625. The normalized spacial score (nSPS) is 12.4. The smallest absolute Gasteiger partial charge is 0.215 e. The van der Waals surface area contributed by atoms with E-state index in [1.165, 1.54) is 13.5 Å². The van der Waals surface area contributed by atoms with Crippen LogP contribution in [-0.4, -0.2) is 34.5 Å². The highest BCUT2D eigenvalue weighted by molar-refractivity contribution is 7.88. The van der Waals surface area contributed by atoms with Crippen molar-refractivity contribution in [2.24, 2.45) is 10.9 Å². The van der Waals surface area contributed by atoms with Crippen LogP contribution in [0.4, 0.5) is 0 Å². The van der Waals surface area contributed by atoms with Crippen LogP contribution < -0.4 is 15.4 Å². The highest BCUT2D eigenvalue weighted by atomic mass is 32.2. The molecule has 0 saturated heterocycles. The van der Waals surface area contributed by atoms with Gasteiger partial charge in [0.15, 0.2) is 5.96 Å². The molecule has 1 aromatic carbocycles. The fourth-order valence-corrected chi connectivity index (χ4v) is 3.04. The molecule has 1 aromatic rings. The van der Waals surface area contributed by atoms with Crippen molar-refractivity contribution in [2.75, 3.05) is 20.1 Å². The van der Waals surface area contributed by atoms with Crippen LogP contribution >= 0.6 is 0 Å². The first-order chi connectivity index (χ1) is 11.9. The average Bonchev–Trinajstić information content (AvgIpc) is 2.57. The first kappa shape index (κ1) is 21.4. The third-order valence-electron chi connectivity index (χ3n) is 3.71. The molecule has 7 heteroatoms. The number of nitrogens with one attached hydrogen (secondary N) is 3. The van der Waals surface area contributed by atoms with Crippen molar-refractivity contribution in [1.82, 2.24) is 15.4 Å². The number of benzene rings is 1. The van der Waals surface area contributed by atoms with E-state index in [4.69, 9.17) is 0 Å². The van der Waals surface area contributed by atoms with E-state index in [2.05, 4.69) is 34.2 Å². The summed E-state index contributed by atoms with van der Waals surface area (Å²) in [6.45, 7) is 8.78. The van der Waals surface area contributed by atoms with Gasteiger partial charge in [0.1, 0.15) is 0 Å². The molecule has 0 atom stereocenters. The summed E-state index contributed by atoms with van der Waals surface area (Å²) in [5, 5.41) is 6.59. The molecule has 25 heavy (non-hydrogen) atoms. The lowest BCUT2D eigenvalue weighted by Crippen LogP contribution is -2.37. The first-order valence-corrected chi connectivity index (χ1v) is 10.5. The van der Waals surface area contributed by atoms with E-state index in [9.17, 15) is 8.42 Å². The van der Waals surface area contributed by atoms with Crippen LogP contribution in [0.15, 0.2) is 29.3 Å². The predicted molar refractivity (Wildman–Crippen MR) is 105 cm³/mol. The quantitative estimate of drug-likeness (QED) is 0.336. The van der Waals surface area contributed by atoms with E-state index >= 15 is 0 Å². The summed E-state index contributed by atoms with van der Waals surface area (Å²) in [5.41, 5.74) is 1.81. The minimum absolute atomic E-state index is 0.00685. The van der Waals surface area contributed by atoms with Crippen molar-refractivity contribution in [3.8, 4) is 0 Å². The van der Waals surface area contributed by atoms with Gasteiger partial charge in [-0.2, -0.15) is 0 Å². The summed E-state index contributed by atoms with van der Waals surface area (Å²) >= 11 is 0. The Hall–Kier alpha value is -1.60. The lowest BCUT2D eigenvalue weighted by atomic mass is 10.1. The molecule has 0 fully saturated rings. The van der Waals surface area contributed by atoms with Crippen molar-refractivity contribution < 1.29 is 8.42 Å². The number of hydrogen-bond acceptors (Lipinski definition) is 3. The molecule has 142 valence electrons. The third-order valence-corrected chi connectivity index (χ3v) is 5.04. The molecule has 6 nitrogen and oxygen atoms in total. The molecule has 0 aromatic heterocycles. The summed E-state index contributed by atoms with van der Waals surface area (Å²) < 4.78 is 25.4. The minimum atomic E-state index is -3.24. The zero-order valence-corrected chi connectivity index (χ0v) is 16.6. The standard InChI is InChI=1S/C18H32N4O2S/c1-5-20-18(21-12-6-7-15(2)3)22-13-16-8-10-17(11-9-16)14-25(23,24)19-4/h8-11,15,19H,5-7,12-14H2,1-4H3,(H2,20,21,22). The average molecular weight is 369 g/mol. The lowest BCUT2D eigenvalue weighted by molar-refractivity contribution is 0.549. The van der Waals surface area contributed by atoms with Gasteiger partial charge in [-0.1, -0.05) is 38.1 Å². The van der Waals surface area contributed by atoms with Gasteiger partial charge in [-0.3, -0.25) is 0 Å². The number of nitrogens with zero attached hydrogens (tertiary/aromatic N) is 1. The van der Waals surface area contributed by atoms with Crippen molar-refractivity contribution in [2.45, 2.75) is 45.9 Å². The van der Waals surface area contributed by atoms with Gasteiger partial charge in [0.2, 0.25) is 10.0 Å². The Morgan fingerprint density at radius 2 is 1.76 bits per heavy atom. The monoisotopic (exact) mass is 368 g/mol. The van der Waals surface area contributed by atoms with Gasteiger partial charge in [-0.05, 0) is 43.9 Å². The summed E-state index contributed by atoms with van der Waals surface area (Å²) in [4.78, 5) is 4.58. The molecule has 0 amide bonds. The summed E-state index contributed by atoms with van der Waals surface area (Å²) in [6, 6.07) is 7.52. The number of hydrogen-bond donors (Lipinski definition) is 3. The summed E-state index contributed by atoms with van der Waals surface area (Å²) in [6.07, 6.45) is 2.32. The zero-order chi connectivity index (χ0) is 18.7. The van der Waals surface area contributed by atoms with Crippen LogP contribution in [0.3, 0.4) is 0 Å². The Morgan fingerprint density at radius 3 is 2.32 bits per heavy atom. The molecule has 0 saturated carbocycles. The minimum Gasteiger partial charge on any atom is -0.357 e. The Morgan fingerprint density at radius 1 is 1.12 bits per heavy atom.